The van der Waals surface area contributed by atoms with Gasteiger partial charge in [0.05, 0.1) is 15.7 Å². The summed E-state index contributed by atoms with van der Waals surface area (Å²) in [5.41, 5.74) is -0.782. The summed E-state index contributed by atoms with van der Waals surface area (Å²) in [6.07, 6.45) is -4.54. The first-order chi connectivity index (χ1) is 9.79. The molecule has 0 spiro atoms. The molecular formula is C14H10BrF4NO. The van der Waals surface area contributed by atoms with E-state index in [-0.39, 0.29) is 18.0 Å². The summed E-state index contributed by atoms with van der Waals surface area (Å²) in [7, 11) is 0. The molecule has 0 saturated carbocycles. The van der Waals surface area contributed by atoms with Gasteiger partial charge >= 0.3 is 6.18 Å². The quantitative estimate of drug-likeness (QED) is 0.758. The topological polar surface area (TPSA) is 32.3 Å². The van der Waals surface area contributed by atoms with E-state index >= 15 is 0 Å². The van der Waals surface area contributed by atoms with Gasteiger partial charge in [0, 0.05) is 12.1 Å². The Balaban J connectivity index is 2.22. The number of nitrogens with one attached hydrogen (secondary N) is 1. The second kappa shape index (κ2) is 5.93. The maximum absolute atomic E-state index is 13.5. The molecule has 0 heterocycles. The highest BCUT2D eigenvalue weighted by Crippen LogP contribution is 2.32. The number of hydrogen-bond donors (Lipinski definition) is 2. The van der Waals surface area contributed by atoms with E-state index in [1.807, 2.05) is 0 Å². The smallest absolute Gasteiger partial charge is 0.416 e. The number of aromatic hydroxyl groups is 1. The van der Waals surface area contributed by atoms with Crippen molar-refractivity contribution >= 4 is 21.6 Å². The number of benzene rings is 2. The lowest BCUT2D eigenvalue weighted by Crippen LogP contribution is -2.08. The van der Waals surface area contributed by atoms with E-state index in [2.05, 4.69) is 21.2 Å². The van der Waals surface area contributed by atoms with Crippen LogP contribution in [-0.2, 0) is 12.7 Å². The zero-order valence-corrected chi connectivity index (χ0v) is 12.1. The minimum Gasteiger partial charge on any atom is -0.506 e. The number of rotatable bonds is 3. The monoisotopic (exact) mass is 363 g/mol. The highest BCUT2D eigenvalue weighted by Gasteiger charge is 2.31. The van der Waals surface area contributed by atoms with Crippen molar-refractivity contribution in [2.75, 3.05) is 5.32 Å². The van der Waals surface area contributed by atoms with Crippen LogP contribution in [0.5, 0.6) is 5.75 Å². The second-order valence-electron chi connectivity index (χ2n) is 4.29. The van der Waals surface area contributed by atoms with Crippen LogP contribution in [-0.4, -0.2) is 5.11 Å². The SMILES string of the molecule is Oc1c(Br)cccc1CNc1cc(C(F)(F)F)ccc1F. The van der Waals surface area contributed by atoms with Crippen molar-refractivity contribution in [3.05, 3.63) is 57.8 Å². The van der Waals surface area contributed by atoms with E-state index in [0.717, 1.165) is 6.07 Å². The van der Waals surface area contributed by atoms with Crippen molar-refractivity contribution in [2.24, 2.45) is 0 Å². The molecule has 2 aromatic carbocycles. The molecule has 0 atom stereocenters. The minimum absolute atomic E-state index is 0.0104. The molecule has 2 aromatic rings. The minimum atomic E-state index is -4.54. The molecule has 0 aliphatic rings. The van der Waals surface area contributed by atoms with Crippen LogP contribution in [0.25, 0.3) is 0 Å². The van der Waals surface area contributed by atoms with E-state index in [4.69, 9.17) is 0 Å². The first kappa shape index (κ1) is 15.6. The average Bonchev–Trinajstić information content (AvgIpc) is 2.40. The summed E-state index contributed by atoms with van der Waals surface area (Å²) < 4.78 is 51.7. The van der Waals surface area contributed by atoms with Gasteiger partial charge < -0.3 is 10.4 Å². The molecule has 112 valence electrons. The summed E-state index contributed by atoms with van der Waals surface area (Å²) in [6, 6.07) is 6.99. The van der Waals surface area contributed by atoms with Crippen molar-refractivity contribution in [1.82, 2.24) is 0 Å². The normalized spacial score (nSPS) is 11.5. The Morgan fingerprint density at radius 1 is 1.14 bits per heavy atom. The summed E-state index contributed by atoms with van der Waals surface area (Å²) >= 11 is 3.12. The van der Waals surface area contributed by atoms with Crippen LogP contribution in [0.2, 0.25) is 0 Å². The van der Waals surface area contributed by atoms with Crippen LogP contribution in [0, 0.1) is 5.82 Å². The molecule has 2 N–H and O–H groups in total. The van der Waals surface area contributed by atoms with E-state index in [1.54, 1.807) is 18.2 Å². The highest BCUT2D eigenvalue weighted by atomic mass is 79.9. The number of para-hydroxylation sites is 1. The van der Waals surface area contributed by atoms with Crippen LogP contribution >= 0.6 is 15.9 Å². The van der Waals surface area contributed by atoms with Crippen molar-refractivity contribution in [1.29, 1.82) is 0 Å². The maximum Gasteiger partial charge on any atom is 0.416 e. The summed E-state index contributed by atoms with van der Waals surface area (Å²) in [5.74, 6) is -0.838. The summed E-state index contributed by atoms with van der Waals surface area (Å²) in [4.78, 5) is 0. The van der Waals surface area contributed by atoms with Crippen LogP contribution in [0.1, 0.15) is 11.1 Å². The number of hydrogen-bond acceptors (Lipinski definition) is 2. The van der Waals surface area contributed by atoms with Gasteiger partial charge in [0.2, 0.25) is 0 Å². The van der Waals surface area contributed by atoms with Gasteiger partial charge in [0.25, 0.3) is 0 Å². The van der Waals surface area contributed by atoms with Gasteiger partial charge in [-0.1, -0.05) is 12.1 Å². The van der Waals surface area contributed by atoms with Crippen molar-refractivity contribution < 1.29 is 22.7 Å². The molecule has 0 aromatic heterocycles. The summed E-state index contributed by atoms with van der Waals surface area (Å²) in [5, 5.41) is 12.3. The molecule has 0 aliphatic heterocycles. The molecule has 0 bridgehead atoms. The van der Waals surface area contributed by atoms with Crippen LogP contribution in [0.3, 0.4) is 0 Å². The Bertz CT molecular complexity index is 658. The lowest BCUT2D eigenvalue weighted by Gasteiger charge is -2.12. The molecule has 0 radical (unpaired) electrons. The van der Waals surface area contributed by atoms with Gasteiger partial charge in [-0.05, 0) is 40.2 Å². The fourth-order valence-corrected chi connectivity index (χ4v) is 2.14. The third-order valence-electron chi connectivity index (χ3n) is 2.83. The van der Waals surface area contributed by atoms with Gasteiger partial charge in [-0.3, -0.25) is 0 Å². The van der Waals surface area contributed by atoms with Crippen molar-refractivity contribution in [3.63, 3.8) is 0 Å². The van der Waals surface area contributed by atoms with Gasteiger partial charge in [-0.2, -0.15) is 13.2 Å². The molecule has 21 heavy (non-hydrogen) atoms. The Morgan fingerprint density at radius 3 is 2.52 bits per heavy atom. The summed E-state index contributed by atoms with van der Waals surface area (Å²) in [6.45, 7) is -0.0104. The fourth-order valence-electron chi connectivity index (χ4n) is 1.73. The Morgan fingerprint density at radius 2 is 1.86 bits per heavy atom. The number of alkyl halides is 3. The largest absolute Gasteiger partial charge is 0.506 e. The predicted molar refractivity (Wildman–Crippen MR) is 74.5 cm³/mol. The number of phenolic OH excluding ortho intramolecular Hbond substituents is 1. The number of halogens is 5. The van der Waals surface area contributed by atoms with Crippen molar-refractivity contribution in [3.8, 4) is 5.75 Å². The van der Waals surface area contributed by atoms with Gasteiger partial charge in [0.1, 0.15) is 11.6 Å². The number of anilines is 1. The maximum atomic E-state index is 13.5. The highest BCUT2D eigenvalue weighted by molar-refractivity contribution is 9.10. The first-order valence-electron chi connectivity index (χ1n) is 5.86. The molecular weight excluding hydrogens is 354 g/mol. The average molecular weight is 364 g/mol. The van der Waals surface area contributed by atoms with Gasteiger partial charge in [-0.25, -0.2) is 4.39 Å². The lowest BCUT2D eigenvalue weighted by molar-refractivity contribution is -0.137. The standard InChI is InChI=1S/C14H10BrF4NO/c15-10-3-1-2-8(13(10)21)7-20-12-6-9(14(17,18)19)4-5-11(12)16/h1-6,20-21H,7H2. The molecule has 0 amide bonds. The Labute approximate surface area is 126 Å². The van der Waals surface area contributed by atoms with E-state index in [0.29, 0.717) is 22.2 Å². The Kier molecular flexibility index (Phi) is 4.41. The molecule has 0 saturated heterocycles. The molecule has 2 rings (SSSR count). The van der Waals surface area contributed by atoms with E-state index in [1.165, 1.54) is 0 Å². The number of phenols is 1. The van der Waals surface area contributed by atoms with Gasteiger partial charge in [-0.15, -0.1) is 0 Å². The van der Waals surface area contributed by atoms with Crippen molar-refractivity contribution in [2.45, 2.75) is 12.7 Å². The van der Waals surface area contributed by atoms with E-state index in [9.17, 15) is 22.7 Å². The molecule has 0 aliphatic carbocycles. The third kappa shape index (κ3) is 3.66. The zero-order valence-electron chi connectivity index (χ0n) is 10.5. The Hall–Kier alpha value is -1.76. The van der Waals surface area contributed by atoms with Crippen LogP contribution in [0.15, 0.2) is 40.9 Å². The van der Waals surface area contributed by atoms with Crippen LogP contribution in [0.4, 0.5) is 23.2 Å². The fraction of sp³-hybridized carbons (Fsp3) is 0.143. The first-order valence-corrected chi connectivity index (χ1v) is 6.65. The van der Waals surface area contributed by atoms with Gasteiger partial charge in [0.15, 0.2) is 0 Å². The second-order valence-corrected chi connectivity index (χ2v) is 5.15. The van der Waals surface area contributed by atoms with E-state index < -0.39 is 17.6 Å². The zero-order chi connectivity index (χ0) is 15.6. The third-order valence-corrected chi connectivity index (χ3v) is 3.47. The predicted octanol–water partition coefficient (Wildman–Crippen LogP) is 4.92. The molecule has 0 fully saturated rings. The molecule has 0 unspecified atom stereocenters. The molecule has 7 heteroatoms. The lowest BCUT2D eigenvalue weighted by atomic mass is 10.1. The van der Waals surface area contributed by atoms with Crippen LogP contribution < -0.4 is 5.32 Å². The molecule has 2 nitrogen and oxygen atoms in total.